The minimum absolute atomic E-state index is 0.0315. The van der Waals surface area contributed by atoms with E-state index in [2.05, 4.69) is 5.32 Å². The van der Waals surface area contributed by atoms with Gasteiger partial charge in [0.1, 0.15) is 5.82 Å². The first-order valence-electron chi connectivity index (χ1n) is 6.59. The summed E-state index contributed by atoms with van der Waals surface area (Å²) in [6.45, 7) is 0. The second-order valence-corrected chi connectivity index (χ2v) is 5.28. The lowest BCUT2D eigenvalue weighted by Crippen LogP contribution is -2.37. The zero-order chi connectivity index (χ0) is 15.7. The molecule has 1 amide bonds. The molecule has 0 spiro atoms. The lowest BCUT2D eigenvalue weighted by molar-refractivity contribution is -0.125. The molecule has 6 heteroatoms. The van der Waals surface area contributed by atoms with Crippen LogP contribution in [0, 0.1) is 5.82 Å². The van der Waals surface area contributed by atoms with Crippen molar-refractivity contribution in [1.29, 1.82) is 0 Å². The standard InChI is InChI=1S/C16H11ClFNO3/c17-12-6-5-10(8-13(12)18)19-15(20)14-7-9-3-1-2-4-11(9)16(21)22-14/h1-6,8,14H,7H2,(H,19,20). The first-order valence-corrected chi connectivity index (χ1v) is 6.97. The molecule has 112 valence electrons. The van der Waals surface area contributed by atoms with Gasteiger partial charge >= 0.3 is 5.97 Å². The predicted octanol–water partition coefficient (Wildman–Crippen LogP) is 3.20. The molecular weight excluding hydrogens is 309 g/mol. The highest BCUT2D eigenvalue weighted by atomic mass is 35.5. The molecule has 4 nitrogen and oxygen atoms in total. The number of carbonyl (C=O) groups is 2. The molecule has 1 aliphatic heterocycles. The molecule has 22 heavy (non-hydrogen) atoms. The maximum atomic E-state index is 13.4. The first-order chi connectivity index (χ1) is 10.5. The Morgan fingerprint density at radius 1 is 1.27 bits per heavy atom. The van der Waals surface area contributed by atoms with Crippen molar-refractivity contribution in [3.8, 4) is 0 Å². The number of halogens is 2. The SMILES string of the molecule is O=C1OC(C(=O)Nc2ccc(Cl)c(F)c2)Cc2ccccc21. The number of carbonyl (C=O) groups excluding carboxylic acids is 2. The summed E-state index contributed by atoms with van der Waals surface area (Å²) >= 11 is 5.58. The normalized spacial score (nSPS) is 16.6. The van der Waals surface area contributed by atoms with Gasteiger partial charge in [0.2, 0.25) is 0 Å². The van der Waals surface area contributed by atoms with Crippen LogP contribution in [0.25, 0.3) is 0 Å². The van der Waals surface area contributed by atoms with Crippen molar-refractivity contribution in [1.82, 2.24) is 0 Å². The van der Waals surface area contributed by atoms with Crippen molar-refractivity contribution >= 4 is 29.2 Å². The summed E-state index contributed by atoms with van der Waals surface area (Å²) in [5.41, 5.74) is 1.46. The van der Waals surface area contributed by atoms with Crippen LogP contribution in [0.5, 0.6) is 0 Å². The van der Waals surface area contributed by atoms with Crippen LogP contribution in [0.1, 0.15) is 15.9 Å². The number of fused-ring (bicyclic) bond motifs is 1. The fourth-order valence-corrected chi connectivity index (χ4v) is 2.39. The van der Waals surface area contributed by atoms with E-state index in [-0.39, 0.29) is 17.1 Å². The van der Waals surface area contributed by atoms with Crippen molar-refractivity contribution < 1.29 is 18.7 Å². The number of anilines is 1. The summed E-state index contributed by atoms with van der Waals surface area (Å²) in [5, 5.41) is 2.48. The quantitative estimate of drug-likeness (QED) is 0.865. The van der Waals surface area contributed by atoms with Crippen LogP contribution in [0.3, 0.4) is 0 Å². The van der Waals surface area contributed by atoms with Crippen LogP contribution < -0.4 is 5.32 Å². The van der Waals surface area contributed by atoms with Crippen molar-refractivity contribution in [2.45, 2.75) is 12.5 Å². The number of hydrogen-bond acceptors (Lipinski definition) is 3. The molecular formula is C16H11ClFNO3. The molecule has 0 saturated heterocycles. The molecule has 1 unspecified atom stereocenters. The van der Waals surface area contributed by atoms with E-state index in [9.17, 15) is 14.0 Å². The number of rotatable bonds is 2. The zero-order valence-corrected chi connectivity index (χ0v) is 12.1. The largest absolute Gasteiger partial charge is 0.448 e. The topological polar surface area (TPSA) is 55.4 Å². The van der Waals surface area contributed by atoms with Gasteiger partial charge in [0, 0.05) is 12.1 Å². The second-order valence-electron chi connectivity index (χ2n) is 4.87. The molecule has 1 aliphatic rings. The first kappa shape index (κ1) is 14.5. The molecule has 0 aromatic heterocycles. The highest BCUT2D eigenvalue weighted by Gasteiger charge is 2.31. The van der Waals surface area contributed by atoms with Gasteiger partial charge in [0.15, 0.2) is 6.10 Å². The molecule has 0 aliphatic carbocycles. The summed E-state index contributed by atoms with van der Waals surface area (Å²) in [5.74, 6) is -1.68. The number of nitrogens with one attached hydrogen (secondary N) is 1. The average Bonchev–Trinajstić information content (AvgIpc) is 2.51. The maximum Gasteiger partial charge on any atom is 0.339 e. The van der Waals surface area contributed by atoms with Gasteiger partial charge in [-0.1, -0.05) is 29.8 Å². The average molecular weight is 320 g/mol. The van der Waals surface area contributed by atoms with Crippen molar-refractivity contribution in [2.75, 3.05) is 5.32 Å². The number of hydrogen-bond donors (Lipinski definition) is 1. The summed E-state index contributed by atoms with van der Waals surface area (Å²) in [7, 11) is 0. The molecule has 3 rings (SSSR count). The van der Waals surface area contributed by atoms with Gasteiger partial charge in [-0.2, -0.15) is 0 Å². The molecule has 0 saturated carbocycles. The Labute approximate surface area is 130 Å². The number of ether oxygens (including phenoxy) is 1. The Bertz CT molecular complexity index is 763. The smallest absolute Gasteiger partial charge is 0.339 e. The van der Waals surface area contributed by atoms with Crippen LogP contribution in [-0.4, -0.2) is 18.0 Å². The van der Waals surface area contributed by atoms with Gasteiger partial charge in [-0.3, -0.25) is 4.79 Å². The van der Waals surface area contributed by atoms with Crippen molar-refractivity contribution in [3.05, 3.63) is 64.4 Å². The van der Waals surface area contributed by atoms with Gasteiger partial charge in [0.05, 0.1) is 10.6 Å². The highest BCUT2D eigenvalue weighted by Crippen LogP contribution is 2.23. The van der Waals surface area contributed by atoms with E-state index in [4.69, 9.17) is 16.3 Å². The molecule has 0 radical (unpaired) electrons. The van der Waals surface area contributed by atoms with Gasteiger partial charge < -0.3 is 10.1 Å². The molecule has 0 fully saturated rings. The minimum atomic E-state index is -0.943. The second kappa shape index (κ2) is 5.77. The Hall–Kier alpha value is -2.40. The lowest BCUT2D eigenvalue weighted by Gasteiger charge is -2.23. The molecule has 2 aromatic carbocycles. The molecule has 1 heterocycles. The molecule has 1 atom stereocenters. The molecule has 0 bridgehead atoms. The van der Waals surface area contributed by atoms with Crippen LogP contribution >= 0.6 is 11.6 Å². The summed E-state index contributed by atoms with van der Waals surface area (Å²) in [4.78, 5) is 24.0. The van der Waals surface area contributed by atoms with E-state index >= 15 is 0 Å². The van der Waals surface area contributed by atoms with Crippen molar-refractivity contribution in [3.63, 3.8) is 0 Å². The Balaban J connectivity index is 1.76. The summed E-state index contributed by atoms with van der Waals surface area (Å²) in [6, 6.07) is 10.9. The summed E-state index contributed by atoms with van der Waals surface area (Å²) < 4.78 is 18.5. The van der Waals surface area contributed by atoms with Crippen LogP contribution in [0.15, 0.2) is 42.5 Å². The van der Waals surface area contributed by atoms with Gasteiger partial charge in [-0.15, -0.1) is 0 Å². The Kier molecular flexibility index (Phi) is 3.81. The van der Waals surface area contributed by atoms with Crippen LogP contribution in [0.4, 0.5) is 10.1 Å². The Morgan fingerprint density at radius 2 is 2.05 bits per heavy atom. The van der Waals surface area contributed by atoms with E-state index in [1.165, 1.54) is 12.1 Å². The third kappa shape index (κ3) is 2.80. The lowest BCUT2D eigenvalue weighted by atomic mass is 9.98. The maximum absolute atomic E-state index is 13.4. The fourth-order valence-electron chi connectivity index (χ4n) is 2.27. The number of benzene rings is 2. The molecule has 1 N–H and O–H groups in total. The van der Waals surface area contributed by atoms with Gasteiger partial charge in [-0.05, 0) is 29.8 Å². The van der Waals surface area contributed by atoms with Gasteiger partial charge in [0.25, 0.3) is 5.91 Å². The fraction of sp³-hybridized carbons (Fsp3) is 0.125. The van der Waals surface area contributed by atoms with E-state index < -0.39 is 23.8 Å². The summed E-state index contributed by atoms with van der Waals surface area (Å²) in [6.07, 6.45) is -0.662. The van der Waals surface area contributed by atoms with E-state index in [0.29, 0.717) is 5.56 Å². The molecule has 2 aromatic rings. The van der Waals surface area contributed by atoms with Crippen LogP contribution in [0.2, 0.25) is 5.02 Å². The predicted molar refractivity (Wildman–Crippen MR) is 79.4 cm³/mol. The third-order valence-corrected chi connectivity index (χ3v) is 3.68. The van der Waals surface area contributed by atoms with E-state index in [1.54, 1.807) is 24.3 Å². The van der Waals surface area contributed by atoms with Crippen LogP contribution in [-0.2, 0) is 16.0 Å². The zero-order valence-electron chi connectivity index (χ0n) is 11.3. The highest BCUT2D eigenvalue weighted by molar-refractivity contribution is 6.30. The minimum Gasteiger partial charge on any atom is -0.448 e. The number of esters is 1. The number of amides is 1. The van der Waals surface area contributed by atoms with Gasteiger partial charge in [-0.25, -0.2) is 9.18 Å². The van der Waals surface area contributed by atoms with E-state index in [0.717, 1.165) is 11.6 Å². The van der Waals surface area contributed by atoms with E-state index in [1.807, 2.05) is 0 Å². The third-order valence-electron chi connectivity index (χ3n) is 3.37. The Morgan fingerprint density at radius 3 is 2.82 bits per heavy atom. The number of cyclic esters (lactones) is 1. The monoisotopic (exact) mass is 319 g/mol. The van der Waals surface area contributed by atoms with Crippen molar-refractivity contribution in [2.24, 2.45) is 0 Å².